The van der Waals surface area contributed by atoms with Crippen LogP contribution in [0.3, 0.4) is 0 Å². The molecule has 2 rings (SSSR count). The van der Waals surface area contributed by atoms with E-state index in [-0.39, 0.29) is 6.10 Å². The van der Waals surface area contributed by atoms with Crippen LogP contribution in [0.4, 0.5) is 0 Å². The minimum absolute atomic E-state index is 0.255. The second-order valence-corrected chi connectivity index (χ2v) is 5.64. The van der Waals surface area contributed by atoms with E-state index < -0.39 is 0 Å². The van der Waals surface area contributed by atoms with Crippen LogP contribution in [0.1, 0.15) is 68.7 Å². The van der Waals surface area contributed by atoms with Gasteiger partial charge in [-0.25, -0.2) is 0 Å². The number of aliphatic hydroxyl groups is 1. The Kier molecular flexibility index (Phi) is 4.82. The van der Waals surface area contributed by atoms with Gasteiger partial charge in [-0.1, -0.05) is 57.7 Å². The smallest absolute Gasteiger partial charge is 0.0795 e. The van der Waals surface area contributed by atoms with Crippen LogP contribution in [-0.4, -0.2) is 5.11 Å². The number of aryl methyl sites for hydroxylation is 2. The van der Waals surface area contributed by atoms with Gasteiger partial charge in [0.15, 0.2) is 0 Å². The molecule has 1 aromatic rings. The monoisotopic (exact) mass is 246 g/mol. The van der Waals surface area contributed by atoms with Gasteiger partial charge in [-0.15, -0.1) is 0 Å². The first-order valence-corrected chi connectivity index (χ1v) is 7.54. The van der Waals surface area contributed by atoms with Gasteiger partial charge in [0, 0.05) is 0 Å². The number of hydrogen-bond acceptors (Lipinski definition) is 1. The summed E-state index contributed by atoms with van der Waals surface area (Å²) in [6.45, 7) is 4.35. The van der Waals surface area contributed by atoms with Crippen molar-refractivity contribution in [1.29, 1.82) is 0 Å². The predicted molar refractivity (Wildman–Crippen MR) is 76.7 cm³/mol. The summed E-state index contributed by atoms with van der Waals surface area (Å²) in [7, 11) is 0. The Hall–Kier alpha value is -0.820. The number of rotatable bonds is 5. The van der Waals surface area contributed by atoms with E-state index in [0.717, 1.165) is 25.2 Å². The van der Waals surface area contributed by atoms with Crippen LogP contribution in [-0.2, 0) is 12.8 Å². The van der Waals surface area contributed by atoms with Gasteiger partial charge in [0.1, 0.15) is 0 Å². The molecule has 0 spiro atoms. The van der Waals surface area contributed by atoms with Crippen LogP contribution in [0, 0.1) is 5.92 Å². The average Bonchev–Trinajstić information content (AvgIpc) is 2.90. The number of hydrogen-bond donors (Lipinski definition) is 1. The van der Waals surface area contributed by atoms with Crippen LogP contribution >= 0.6 is 0 Å². The molecule has 1 nitrogen and oxygen atoms in total. The van der Waals surface area contributed by atoms with Gasteiger partial charge in [-0.2, -0.15) is 0 Å². The SMILES string of the molecule is CCc1ccc(CC)c(C(O)CC2CCCC2)c1. The first-order chi connectivity index (χ1) is 8.74. The highest BCUT2D eigenvalue weighted by Crippen LogP contribution is 2.34. The number of benzene rings is 1. The largest absolute Gasteiger partial charge is 0.388 e. The summed E-state index contributed by atoms with van der Waals surface area (Å²) in [6, 6.07) is 6.62. The lowest BCUT2D eigenvalue weighted by molar-refractivity contribution is 0.144. The molecule has 0 aromatic heterocycles. The molecular formula is C17H26O. The minimum Gasteiger partial charge on any atom is -0.388 e. The molecule has 0 saturated heterocycles. The van der Waals surface area contributed by atoms with Gasteiger partial charge in [0.25, 0.3) is 0 Å². The first kappa shape index (κ1) is 13.6. The second-order valence-electron chi connectivity index (χ2n) is 5.64. The van der Waals surface area contributed by atoms with Crippen LogP contribution in [0.2, 0.25) is 0 Å². The fraction of sp³-hybridized carbons (Fsp3) is 0.647. The van der Waals surface area contributed by atoms with Gasteiger partial charge in [0.2, 0.25) is 0 Å². The quantitative estimate of drug-likeness (QED) is 0.815. The molecule has 0 radical (unpaired) electrons. The molecule has 1 aliphatic carbocycles. The van der Waals surface area contributed by atoms with Crippen LogP contribution in [0.25, 0.3) is 0 Å². The van der Waals surface area contributed by atoms with Crippen molar-refractivity contribution >= 4 is 0 Å². The lowest BCUT2D eigenvalue weighted by atomic mass is 9.91. The highest BCUT2D eigenvalue weighted by Gasteiger charge is 2.21. The Morgan fingerprint density at radius 1 is 1.17 bits per heavy atom. The highest BCUT2D eigenvalue weighted by atomic mass is 16.3. The van der Waals surface area contributed by atoms with Crippen molar-refractivity contribution in [3.05, 3.63) is 34.9 Å². The van der Waals surface area contributed by atoms with E-state index in [2.05, 4.69) is 32.0 Å². The third-order valence-electron chi connectivity index (χ3n) is 4.39. The predicted octanol–water partition coefficient (Wildman–Crippen LogP) is 4.43. The van der Waals surface area contributed by atoms with E-state index in [4.69, 9.17) is 0 Å². The van der Waals surface area contributed by atoms with Crippen molar-refractivity contribution in [2.24, 2.45) is 5.92 Å². The standard InChI is InChI=1S/C17H26O/c1-3-13-9-10-15(4-2)16(11-13)17(18)12-14-7-5-6-8-14/h9-11,14,17-18H,3-8,12H2,1-2H3. The first-order valence-electron chi connectivity index (χ1n) is 7.54. The maximum Gasteiger partial charge on any atom is 0.0795 e. The normalized spacial score (nSPS) is 18.2. The molecule has 1 N–H and O–H groups in total. The zero-order valence-corrected chi connectivity index (χ0v) is 11.8. The second kappa shape index (κ2) is 6.38. The van der Waals surface area contributed by atoms with E-state index in [1.807, 2.05) is 0 Å². The zero-order chi connectivity index (χ0) is 13.0. The van der Waals surface area contributed by atoms with Crippen molar-refractivity contribution < 1.29 is 5.11 Å². The van der Waals surface area contributed by atoms with E-state index in [0.29, 0.717) is 0 Å². The van der Waals surface area contributed by atoms with Gasteiger partial charge >= 0.3 is 0 Å². The van der Waals surface area contributed by atoms with Crippen molar-refractivity contribution in [2.45, 2.75) is 64.9 Å². The maximum atomic E-state index is 10.5. The number of aliphatic hydroxyl groups excluding tert-OH is 1. The van der Waals surface area contributed by atoms with Crippen LogP contribution in [0.5, 0.6) is 0 Å². The molecule has 1 atom stereocenters. The van der Waals surface area contributed by atoms with Gasteiger partial charge in [-0.05, 0) is 41.9 Å². The molecule has 18 heavy (non-hydrogen) atoms. The maximum absolute atomic E-state index is 10.5. The Morgan fingerprint density at radius 2 is 1.89 bits per heavy atom. The summed E-state index contributed by atoms with van der Waals surface area (Å²) in [5.74, 6) is 0.745. The van der Waals surface area contributed by atoms with Crippen molar-refractivity contribution in [3.63, 3.8) is 0 Å². The van der Waals surface area contributed by atoms with Gasteiger partial charge in [-0.3, -0.25) is 0 Å². The molecule has 1 heteroatoms. The van der Waals surface area contributed by atoms with Crippen molar-refractivity contribution in [1.82, 2.24) is 0 Å². The van der Waals surface area contributed by atoms with Crippen LogP contribution < -0.4 is 0 Å². The fourth-order valence-electron chi connectivity index (χ4n) is 3.19. The lowest BCUT2D eigenvalue weighted by Crippen LogP contribution is -2.07. The van der Waals surface area contributed by atoms with E-state index in [1.54, 1.807) is 0 Å². The molecule has 1 aromatic carbocycles. The molecule has 1 unspecified atom stereocenters. The van der Waals surface area contributed by atoms with Crippen molar-refractivity contribution in [3.8, 4) is 0 Å². The Labute approximate surface area is 111 Å². The zero-order valence-electron chi connectivity index (χ0n) is 11.8. The minimum atomic E-state index is -0.255. The molecule has 0 aliphatic heterocycles. The van der Waals surface area contributed by atoms with E-state index in [1.165, 1.54) is 42.4 Å². The van der Waals surface area contributed by atoms with Gasteiger partial charge < -0.3 is 5.11 Å². The summed E-state index contributed by atoms with van der Waals surface area (Å²) in [5.41, 5.74) is 3.84. The van der Waals surface area contributed by atoms with E-state index >= 15 is 0 Å². The van der Waals surface area contributed by atoms with E-state index in [9.17, 15) is 5.11 Å². The topological polar surface area (TPSA) is 20.2 Å². The summed E-state index contributed by atoms with van der Waals surface area (Å²) < 4.78 is 0. The molecule has 1 fully saturated rings. The summed E-state index contributed by atoms with van der Waals surface area (Å²) in [5, 5.41) is 10.5. The van der Waals surface area contributed by atoms with Gasteiger partial charge in [0.05, 0.1) is 6.10 Å². The van der Waals surface area contributed by atoms with Crippen molar-refractivity contribution in [2.75, 3.05) is 0 Å². The summed E-state index contributed by atoms with van der Waals surface area (Å²) >= 11 is 0. The average molecular weight is 246 g/mol. The lowest BCUT2D eigenvalue weighted by Gasteiger charge is -2.19. The Balaban J connectivity index is 2.13. The summed E-state index contributed by atoms with van der Waals surface area (Å²) in [6.07, 6.45) is 8.10. The molecule has 1 aliphatic rings. The van der Waals surface area contributed by atoms with Crippen LogP contribution in [0.15, 0.2) is 18.2 Å². The Morgan fingerprint density at radius 3 is 2.50 bits per heavy atom. The molecule has 0 heterocycles. The fourth-order valence-corrected chi connectivity index (χ4v) is 3.19. The third-order valence-corrected chi connectivity index (χ3v) is 4.39. The molecule has 0 bridgehead atoms. The molecule has 1 saturated carbocycles. The summed E-state index contributed by atoms with van der Waals surface area (Å²) in [4.78, 5) is 0. The molecule has 0 amide bonds. The Bertz CT molecular complexity index is 377. The molecule has 100 valence electrons. The molecular weight excluding hydrogens is 220 g/mol. The highest BCUT2D eigenvalue weighted by molar-refractivity contribution is 5.34. The third kappa shape index (κ3) is 3.14.